The van der Waals surface area contributed by atoms with Gasteiger partial charge in [0.25, 0.3) is 5.91 Å². The molecule has 0 atom stereocenters. The predicted molar refractivity (Wildman–Crippen MR) is 90.8 cm³/mol. The number of hydrogen-bond donors (Lipinski definition) is 0. The molecule has 0 aliphatic carbocycles. The first-order chi connectivity index (χ1) is 12.2. The summed E-state index contributed by atoms with van der Waals surface area (Å²) in [7, 11) is 0. The summed E-state index contributed by atoms with van der Waals surface area (Å²) in [6.45, 7) is 1.85. The lowest BCUT2D eigenvalue weighted by Crippen LogP contribution is -2.46. The molecule has 0 saturated carbocycles. The first kappa shape index (κ1) is 15.7. The minimum Gasteiger partial charge on any atom is -0.337 e. The molecule has 128 valence electrons. The van der Waals surface area contributed by atoms with Crippen molar-refractivity contribution < 1.29 is 9.59 Å². The van der Waals surface area contributed by atoms with Crippen LogP contribution in [-0.4, -0.2) is 51.3 Å². The van der Waals surface area contributed by atoms with Crippen LogP contribution in [0.25, 0.3) is 0 Å². The first-order valence-electron chi connectivity index (χ1n) is 8.47. The second kappa shape index (κ2) is 6.23. The van der Waals surface area contributed by atoms with Gasteiger partial charge in [0.2, 0.25) is 5.91 Å². The largest absolute Gasteiger partial charge is 0.337 e. The van der Waals surface area contributed by atoms with E-state index in [2.05, 4.69) is 15.0 Å². The van der Waals surface area contributed by atoms with E-state index in [-0.39, 0.29) is 17.2 Å². The summed E-state index contributed by atoms with van der Waals surface area (Å²) in [5.74, 6) is 0.0459. The predicted octanol–water partition coefficient (Wildman–Crippen LogP) is 1.53. The highest BCUT2D eigenvalue weighted by Crippen LogP contribution is 2.43. The van der Waals surface area contributed by atoms with Crippen LogP contribution in [0.4, 0.5) is 5.69 Å². The Hall–Kier alpha value is -2.83. The third-order valence-electron chi connectivity index (χ3n) is 5.26. The van der Waals surface area contributed by atoms with Crippen molar-refractivity contribution in [1.29, 1.82) is 0 Å². The van der Waals surface area contributed by atoms with Gasteiger partial charge in [-0.2, -0.15) is 0 Å². The first-order valence-corrected chi connectivity index (χ1v) is 8.47. The molecule has 7 nitrogen and oxygen atoms in total. The Labute approximate surface area is 145 Å². The Kier molecular flexibility index (Phi) is 3.91. The van der Waals surface area contributed by atoms with Crippen molar-refractivity contribution in [2.75, 3.05) is 24.5 Å². The molecule has 2 aliphatic rings. The van der Waals surface area contributed by atoms with Gasteiger partial charge in [0.05, 0.1) is 23.5 Å². The number of likely N-dealkylation sites (tertiary alicyclic amines) is 1. The van der Waals surface area contributed by atoms with Gasteiger partial charge in [0.15, 0.2) is 0 Å². The fourth-order valence-electron chi connectivity index (χ4n) is 3.75. The van der Waals surface area contributed by atoms with Crippen molar-refractivity contribution in [3.05, 3.63) is 48.8 Å². The number of amides is 2. The third-order valence-corrected chi connectivity index (χ3v) is 5.26. The summed E-state index contributed by atoms with van der Waals surface area (Å²) in [4.78, 5) is 41.2. The molecule has 0 unspecified atom stereocenters. The third kappa shape index (κ3) is 2.75. The van der Waals surface area contributed by atoms with Crippen LogP contribution >= 0.6 is 0 Å². The number of pyridine rings is 1. The average Bonchev–Trinajstić information content (AvgIpc) is 2.99. The number of aromatic nitrogens is 3. The molecule has 0 bridgehead atoms. The number of anilines is 1. The zero-order valence-electron chi connectivity index (χ0n) is 13.8. The van der Waals surface area contributed by atoms with Crippen LogP contribution in [0.5, 0.6) is 0 Å². The molecular formula is C18H19N5O2. The molecule has 0 aromatic carbocycles. The SMILES string of the molecule is O=C(c1cnccn1)N1CCC2(CC1)CCN(c1cccnc1)C2=O. The summed E-state index contributed by atoms with van der Waals surface area (Å²) in [5.41, 5.74) is 0.852. The zero-order valence-corrected chi connectivity index (χ0v) is 13.8. The molecule has 2 saturated heterocycles. The maximum atomic E-state index is 13.0. The van der Waals surface area contributed by atoms with E-state index in [0.29, 0.717) is 38.2 Å². The summed E-state index contributed by atoms with van der Waals surface area (Å²) in [5, 5.41) is 0. The van der Waals surface area contributed by atoms with Crippen LogP contribution in [0.2, 0.25) is 0 Å². The molecule has 2 aliphatic heterocycles. The summed E-state index contributed by atoms with van der Waals surface area (Å²) >= 11 is 0. The van der Waals surface area contributed by atoms with E-state index < -0.39 is 0 Å². The second-order valence-electron chi connectivity index (χ2n) is 6.58. The van der Waals surface area contributed by atoms with Crippen molar-refractivity contribution in [1.82, 2.24) is 19.9 Å². The van der Waals surface area contributed by atoms with E-state index in [9.17, 15) is 9.59 Å². The maximum Gasteiger partial charge on any atom is 0.274 e. The Morgan fingerprint density at radius 1 is 1.00 bits per heavy atom. The van der Waals surface area contributed by atoms with E-state index in [0.717, 1.165) is 12.1 Å². The number of nitrogens with zero attached hydrogens (tertiary/aromatic N) is 5. The number of carbonyl (C=O) groups excluding carboxylic acids is 2. The second-order valence-corrected chi connectivity index (χ2v) is 6.58. The van der Waals surface area contributed by atoms with Gasteiger partial charge in [-0.1, -0.05) is 0 Å². The molecule has 0 radical (unpaired) electrons. The molecule has 0 N–H and O–H groups in total. The van der Waals surface area contributed by atoms with Crippen LogP contribution in [-0.2, 0) is 4.79 Å². The molecule has 4 rings (SSSR count). The molecule has 2 amide bonds. The van der Waals surface area contributed by atoms with Crippen LogP contribution < -0.4 is 4.90 Å². The molecule has 2 aromatic rings. The molecule has 2 aromatic heterocycles. The average molecular weight is 337 g/mol. The lowest BCUT2D eigenvalue weighted by molar-refractivity contribution is -0.127. The van der Waals surface area contributed by atoms with Crippen molar-refractivity contribution in [3.8, 4) is 0 Å². The van der Waals surface area contributed by atoms with Crippen LogP contribution in [0.15, 0.2) is 43.1 Å². The van der Waals surface area contributed by atoms with E-state index >= 15 is 0 Å². The number of rotatable bonds is 2. The minimum atomic E-state index is -0.352. The van der Waals surface area contributed by atoms with E-state index in [1.54, 1.807) is 23.5 Å². The molecule has 7 heteroatoms. The Bertz CT molecular complexity index is 773. The quantitative estimate of drug-likeness (QED) is 0.830. The van der Waals surface area contributed by atoms with Gasteiger partial charge in [0.1, 0.15) is 5.69 Å². The fourth-order valence-corrected chi connectivity index (χ4v) is 3.75. The lowest BCUT2D eigenvalue weighted by atomic mass is 9.77. The fraction of sp³-hybridized carbons (Fsp3) is 0.389. The topological polar surface area (TPSA) is 79.3 Å². The Morgan fingerprint density at radius 3 is 2.44 bits per heavy atom. The van der Waals surface area contributed by atoms with Crippen molar-refractivity contribution in [2.24, 2.45) is 5.41 Å². The summed E-state index contributed by atoms with van der Waals surface area (Å²) in [6, 6.07) is 3.76. The monoisotopic (exact) mass is 337 g/mol. The van der Waals surface area contributed by atoms with Gasteiger partial charge in [-0.3, -0.25) is 19.6 Å². The number of hydrogen-bond acceptors (Lipinski definition) is 5. The number of piperidine rings is 1. The van der Waals surface area contributed by atoms with E-state index in [4.69, 9.17) is 0 Å². The van der Waals surface area contributed by atoms with E-state index in [1.807, 2.05) is 17.0 Å². The van der Waals surface area contributed by atoms with Gasteiger partial charge in [-0.05, 0) is 31.4 Å². The highest BCUT2D eigenvalue weighted by atomic mass is 16.2. The Balaban J connectivity index is 1.45. The molecular weight excluding hydrogens is 318 g/mol. The van der Waals surface area contributed by atoms with Gasteiger partial charge in [0, 0.05) is 38.2 Å². The van der Waals surface area contributed by atoms with Crippen molar-refractivity contribution in [2.45, 2.75) is 19.3 Å². The van der Waals surface area contributed by atoms with Crippen LogP contribution in [0, 0.1) is 5.41 Å². The van der Waals surface area contributed by atoms with Crippen LogP contribution in [0.1, 0.15) is 29.8 Å². The lowest BCUT2D eigenvalue weighted by Gasteiger charge is -2.37. The molecule has 1 spiro atoms. The van der Waals surface area contributed by atoms with Gasteiger partial charge in [-0.15, -0.1) is 0 Å². The van der Waals surface area contributed by atoms with Crippen molar-refractivity contribution >= 4 is 17.5 Å². The van der Waals surface area contributed by atoms with Gasteiger partial charge >= 0.3 is 0 Å². The highest BCUT2D eigenvalue weighted by Gasteiger charge is 2.49. The van der Waals surface area contributed by atoms with Crippen molar-refractivity contribution in [3.63, 3.8) is 0 Å². The van der Waals surface area contributed by atoms with Crippen LogP contribution in [0.3, 0.4) is 0 Å². The number of carbonyl (C=O) groups is 2. The molecule has 2 fully saturated rings. The standard InChI is InChI=1S/C18H19N5O2/c24-16(15-13-20-7-8-21-15)22-9-3-18(4-10-22)5-11-23(17(18)25)14-2-1-6-19-12-14/h1-2,6-8,12-13H,3-5,9-11H2. The van der Waals surface area contributed by atoms with E-state index in [1.165, 1.54) is 12.4 Å². The Morgan fingerprint density at radius 2 is 1.76 bits per heavy atom. The molecule has 4 heterocycles. The zero-order chi connectivity index (χ0) is 17.3. The van der Waals surface area contributed by atoms with Gasteiger partial charge in [-0.25, -0.2) is 4.98 Å². The highest BCUT2D eigenvalue weighted by molar-refractivity contribution is 6.00. The normalized spacial score (nSPS) is 19.4. The molecule has 25 heavy (non-hydrogen) atoms. The summed E-state index contributed by atoms with van der Waals surface area (Å²) in [6.07, 6.45) is 10.2. The smallest absolute Gasteiger partial charge is 0.274 e. The van der Waals surface area contributed by atoms with Gasteiger partial charge < -0.3 is 9.80 Å². The summed E-state index contributed by atoms with van der Waals surface area (Å²) < 4.78 is 0. The maximum absolute atomic E-state index is 13.0. The minimum absolute atomic E-state index is 0.113.